The summed E-state index contributed by atoms with van der Waals surface area (Å²) in [6, 6.07) is 0. The maximum Gasteiger partial charge on any atom is 0.310 e. The highest BCUT2D eigenvalue weighted by atomic mass is 127. The number of aromatic nitrogens is 1. The maximum atomic E-state index is 12.9. The van der Waals surface area contributed by atoms with E-state index in [0.29, 0.717) is 9.13 Å². The van der Waals surface area contributed by atoms with Crippen molar-refractivity contribution in [1.29, 1.82) is 0 Å². The summed E-state index contributed by atoms with van der Waals surface area (Å²) in [6.45, 7) is 1.94. The van der Waals surface area contributed by atoms with Gasteiger partial charge >= 0.3 is 5.97 Å². The van der Waals surface area contributed by atoms with Crippen LogP contribution in [-0.4, -0.2) is 17.6 Å². The largest absolute Gasteiger partial charge is 0.466 e. The molecule has 0 bridgehead atoms. The van der Waals surface area contributed by atoms with Gasteiger partial charge in [-0.1, -0.05) is 0 Å². The number of ether oxygens (including phenoxy) is 1. The summed E-state index contributed by atoms with van der Waals surface area (Å²) < 4.78 is 31.1. The first-order valence-electron chi connectivity index (χ1n) is 5.31. The van der Waals surface area contributed by atoms with E-state index in [-0.39, 0.29) is 25.1 Å². The Kier molecular flexibility index (Phi) is 5.86. The summed E-state index contributed by atoms with van der Waals surface area (Å²) >= 11 is 1.95. The van der Waals surface area contributed by atoms with Crippen molar-refractivity contribution in [2.75, 3.05) is 6.61 Å². The van der Waals surface area contributed by atoms with E-state index in [1.807, 2.05) is 22.6 Å². The van der Waals surface area contributed by atoms with Crippen molar-refractivity contribution < 1.29 is 18.3 Å². The topological polar surface area (TPSA) is 65.2 Å². The average Bonchev–Trinajstić information content (AvgIpc) is 2.29. The minimum Gasteiger partial charge on any atom is -0.466 e. The van der Waals surface area contributed by atoms with Gasteiger partial charge in [0.15, 0.2) is 0 Å². The van der Waals surface area contributed by atoms with Gasteiger partial charge in [0.25, 0.3) is 6.43 Å². The molecule has 0 radical (unpaired) electrons. The van der Waals surface area contributed by atoms with Crippen LogP contribution in [-0.2, 0) is 22.5 Å². The highest BCUT2D eigenvalue weighted by molar-refractivity contribution is 14.1. The van der Waals surface area contributed by atoms with E-state index in [4.69, 9.17) is 10.5 Å². The Hall–Kier alpha value is -0.830. The molecule has 0 saturated heterocycles. The van der Waals surface area contributed by atoms with E-state index < -0.39 is 18.1 Å². The smallest absolute Gasteiger partial charge is 0.310 e. The van der Waals surface area contributed by atoms with Crippen molar-refractivity contribution in [2.45, 2.75) is 26.3 Å². The van der Waals surface area contributed by atoms with E-state index >= 15 is 0 Å². The number of nitrogens with two attached hydrogens (primary N) is 1. The molecule has 1 heterocycles. The minimum atomic E-state index is -2.74. The first-order chi connectivity index (χ1) is 8.51. The Morgan fingerprint density at radius 3 is 2.72 bits per heavy atom. The average molecular weight is 370 g/mol. The second kappa shape index (κ2) is 6.93. The number of hydrogen-bond acceptors (Lipinski definition) is 4. The molecule has 7 heteroatoms. The van der Waals surface area contributed by atoms with Gasteiger partial charge in [0.05, 0.1) is 13.0 Å². The highest BCUT2D eigenvalue weighted by Crippen LogP contribution is 2.26. The van der Waals surface area contributed by atoms with Crippen LogP contribution in [0.25, 0.3) is 0 Å². The number of hydrogen-bond donors (Lipinski definition) is 1. The number of halogens is 3. The van der Waals surface area contributed by atoms with Crippen LogP contribution < -0.4 is 5.73 Å². The third kappa shape index (κ3) is 3.58. The van der Waals surface area contributed by atoms with Crippen molar-refractivity contribution >= 4 is 28.6 Å². The third-order valence-electron chi connectivity index (χ3n) is 2.32. The van der Waals surface area contributed by atoms with Crippen LogP contribution in [0.3, 0.4) is 0 Å². The van der Waals surface area contributed by atoms with Gasteiger partial charge in [-0.2, -0.15) is 0 Å². The van der Waals surface area contributed by atoms with Gasteiger partial charge in [-0.05, 0) is 40.6 Å². The summed E-state index contributed by atoms with van der Waals surface area (Å²) in [5, 5.41) is 0. The normalized spacial score (nSPS) is 10.8. The zero-order valence-corrected chi connectivity index (χ0v) is 11.9. The number of pyridine rings is 1. The van der Waals surface area contributed by atoms with Gasteiger partial charge in [0, 0.05) is 16.3 Å². The molecule has 0 unspecified atom stereocenters. The fourth-order valence-corrected chi connectivity index (χ4v) is 2.23. The molecule has 0 aliphatic heterocycles. The van der Waals surface area contributed by atoms with Gasteiger partial charge in [-0.25, -0.2) is 8.78 Å². The summed E-state index contributed by atoms with van der Waals surface area (Å²) in [5.74, 6) is -0.557. The van der Waals surface area contributed by atoms with E-state index in [1.165, 1.54) is 6.20 Å². The first kappa shape index (κ1) is 15.2. The lowest BCUT2D eigenvalue weighted by atomic mass is 10.0. The standard InChI is InChI=1S/C11H13F2IN2O2/c1-2-18-9(17)3-6-7(4-15)8(14)5-16-10(6)11(12)13/h5,11H,2-4,15H2,1H3. The SMILES string of the molecule is CCOC(=O)Cc1c(C(F)F)ncc(I)c1CN. The molecule has 0 amide bonds. The second-order valence-electron chi connectivity index (χ2n) is 3.44. The van der Waals surface area contributed by atoms with Crippen molar-refractivity contribution in [3.8, 4) is 0 Å². The first-order valence-corrected chi connectivity index (χ1v) is 6.39. The zero-order valence-electron chi connectivity index (χ0n) is 9.75. The molecule has 4 nitrogen and oxygen atoms in total. The summed E-state index contributed by atoms with van der Waals surface area (Å²) in [6.07, 6.45) is -1.64. The van der Waals surface area contributed by atoms with Crippen molar-refractivity contribution in [3.63, 3.8) is 0 Å². The monoisotopic (exact) mass is 370 g/mol. The number of carbonyl (C=O) groups excluding carboxylic acids is 1. The van der Waals surface area contributed by atoms with Crippen LogP contribution >= 0.6 is 22.6 Å². The molecule has 0 fully saturated rings. The van der Waals surface area contributed by atoms with Gasteiger partial charge in [-0.15, -0.1) is 0 Å². The number of esters is 1. The number of alkyl halides is 2. The van der Waals surface area contributed by atoms with E-state index in [0.717, 1.165) is 0 Å². The zero-order chi connectivity index (χ0) is 13.7. The molecule has 0 aliphatic rings. The molecule has 0 aliphatic carbocycles. The Morgan fingerprint density at radius 1 is 1.56 bits per heavy atom. The Morgan fingerprint density at radius 2 is 2.22 bits per heavy atom. The fraction of sp³-hybridized carbons (Fsp3) is 0.455. The Bertz CT molecular complexity index is 441. The molecule has 0 atom stereocenters. The van der Waals surface area contributed by atoms with E-state index in [1.54, 1.807) is 6.92 Å². The van der Waals surface area contributed by atoms with Crippen LogP contribution in [0.1, 0.15) is 30.2 Å². The maximum absolute atomic E-state index is 12.9. The van der Waals surface area contributed by atoms with Crippen molar-refractivity contribution in [2.24, 2.45) is 5.73 Å². The molecular formula is C11H13F2IN2O2. The lowest BCUT2D eigenvalue weighted by Gasteiger charge is -2.13. The Balaban J connectivity index is 3.19. The predicted molar refractivity (Wildman–Crippen MR) is 70.1 cm³/mol. The quantitative estimate of drug-likeness (QED) is 0.638. The lowest BCUT2D eigenvalue weighted by molar-refractivity contribution is -0.142. The third-order valence-corrected chi connectivity index (χ3v) is 3.25. The number of rotatable bonds is 5. The van der Waals surface area contributed by atoms with Crippen LogP contribution in [0, 0.1) is 3.57 Å². The van der Waals surface area contributed by atoms with Crippen LogP contribution in [0.2, 0.25) is 0 Å². The van der Waals surface area contributed by atoms with Gasteiger partial charge < -0.3 is 10.5 Å². The van der Waals surface area contributed by atoms with Crippen molar-refractivity contribution in [3.05, 3.63) is 26.6 Å². The number of carbonyl (C=O) groups is 1. The van der Waals surface area contributed by atoms with E-state index in [2.05, 4.69) is 4.98 Å². The summed E-state index contributed by atoms with van der Waals surface area (Å²) in [7, 11) is 0. The number of nitrogens with zero attached hydrogens (tertiary/aromatic N) is 1. The predicted octanol–water partition coefficient (Wildman–Crippen LogP) is 2.19. The van der Waals surface area contributed by atoms with Gasteiger partial charge in [-0.3, -0.25) is 9.78 Å². The molecule has 0 spiro atoms. The molecule has 1 aromatic rings. The minimum absolute atomic E-state index is 0.0786. The van der Waals surface area contributed by atoms with Gasteiger partial charge in [0.1, 0.15) is 5.69 Å². The van der Waals surface area contributed by atoms with Crippen LogP contribution in [0.5, 0.6) is 0 Å². The molecule has 100 valence electrons. The lowest BCUT2D eigenvalue weighted by Crippen LogP contribution is -2.15. The molecule has 1 rings (SSSR count). The van der Waals surface area contributed by atoms with Crippen LogP contribution in [0.4, 0.5) is 8.78 Å². The second-order valence-corrected chi connectivity index (χ2v) is 4.60. The summed E-state index contributed by atoms with van der Waals surface area (Å²) in [4.78, 5) is 15.1. The molecule has 0 saturated carbocycles. The fourth-order valence-electron chi connectivity index (χ4n) is 1.54. The van der Waals surface area contributed by atoms with Crippen molar-refractivity contribution in [1.82, 2.24) is 4.98 Å². The summed E-state index contributed by atoms with van der Waals surface area (Å²) in [5.41, 5.74) is 5.84. The highest BCUT2D eigenvalue weighted by Gasteiger charge is 2.21. The van der Waals surface area contributed by atoms with Gasteiger partial charge in [0.2, 0.25) is 0 Å². The molecular weight excluding hydrogens is 357 g/mol. The van der Waals surface area contributed by atoms with Crippen LogP contribution in [0.15, 0.2) is 6.20 Å². The molecule has 0 aromatic carbocycles. The molecule has 2 N–H and O–H groups in total. The molecule has 1 aromatic heterocycles. The Labute approximate surface area is 117 Å². The molecule has 18 heavy (non-hydrogen) atoms. The van der Waals surface area contributed by atoms with E-state index in [9.17, 15) is 13.6 Å².